The molecule has 0 radical (unpaired) electrons. The second-order valence-electron chi connectivity index (χ2n) is 5.72. The summed E-state index contributed by atoms with van der Waals surface area (Å²) in [6.07, 6.45) is 0. The van der Waals surface area contributed by atoms with Gasteiger partial charge in [-0.15, -0.1) is 0 Å². The number of amides is 2. The number of hydrogen-bond donors (Lipinski definition) is 2. The number of rotatable bonds is 6. The summed E-state index contributed by atoms with van der Waals surface area (Å²) >= 11 is 0. The predicted molar refractivity (Wildman–Crippen MR) is 101 cm³/mol. The highest BCUT2D eigenvalue weighted by Crippen LogP contribution is 2.39. The van der Waals surface area contributed by atoms with Gasteiger partial charge in [0.25, 0.3) is 0 Å². The van der Waals surface area contributed by atoms with Crippen molar-refractivity contribution in [1.29, 1.82) is 0 Å². The standard InChI is InChI=1S/C17H12N8O3/c18-24-20-7-15(26)22-9-1-3-11-12-4-2-10(23-16(27)8-21-25-19)6-14(12)17(28)13(11)5-9/h1-6H,7-8H2,(H,22,26)(H,23,27). The van der Waals surface area contributed by atoms with Crippen molar-refractivity contribution < 1.29 is 14.4 Å². The lowest BCUT2D eigenvalue weighted by atomic mass is 10.0. The van der Waals surface area contributed by atoms with Gasteiger partial charge in [-0.05, 0) is 46.5 Å². The van der Waals surface area contributed by atoms with Crippen LogP contribution in [0, 0.1) is 0 Å². The first-order valence-electron chi connectivity index (χ1n) is 7.98. The molecule has 2 N–H and O–H groups in total. The molecule has 0 fully saturated rings. The molecule has 2 amide bonds. The molecular weight excluding hydrogens is 364 g/mol. The monoisotopic (exact) mass is 376 g/mol. The lowest BCUT2D eigenvalue weighted by Gasteiger charge is -2.06. The van der Waals surface area contributed by atoms with E-state index in [1.54, 1.807) is 36.4 Å². The zero-order valence-electron chi connectivity index (χ0n) is 14.3. The van der Waals surface area contributed by atoms with Gasteiger partial charge in [-0.1, -0.05) is 22.4 Å². The first kappa shape index (κ1) is 18.5. The van der Waals surface area contributed by atoms with Gasteiger partial charge in [0.2, 0.25) is 11.8 Å². The fraction of sp³-hybridized carbons (Fsp3) is 0.118. The Morgan fingerprint density at radius 3 is 1.61 bits per heavy atom. The number of hydrogen-bond acceptors (Lipinski definition) is 5. The van der Waals surface area contributed by atoms with Gasteiger partial charge in [0.1, 0.15) is 13.1 Å². The number of fused-ring (bicyclic) bond motifs is 3. The van der Waals surface area contributed by atoms with Gasteiger partial charge in [-0.3, -0.25) is 14.4 Å². The van der Waals surface area contributed by atoms with Crippen molar-refractivity contribution in [2.24, 2.45) is 10.2 Å². The minimum Gasteiger partial charge on any atom is -0.326 e. The zero-order chi connectivity index (χ0) is 20.1. The molecule has 138 valence electrons. The van der Waals surface area contributed by atoms with E-state index >= 15 is 0 Å². The third-order valence-electron chi connectivity index (χ3n) is 3.94. The number of ketones is 1. The molecule has 0 spiro atoms. The van der Waals surface area contributed by atoms with Crippen LogP contribution in [0.5, 0.6) is 0 Å². The molecule has 28 heavy (non-hydrogen) atoms. The molecule has 11 nitrogen and oxygen atoms in total. The summed E-state index contributed by atoms with van der Waals surface area (Å²) in [4.78, 5) is 41.1. The number of anilines is 2. The fourth-order valence-corrected chi connectivity index (χ4v) is 2.83. The summed E-state index contributed by atoms with van der Waals surface area (Å²) in [5.41, 5.74) is 19.5. The topological polar surface area (TPSA) is 173 Å². The van der Waals surface area contributed by atoms with Gasteiger partial charge in [0.15, 0.2) is 5.78 Å². The lowest BCUT2D eigenvalue weighted by molar-refractivity contribution is -0.115. The molecule has 3 rings (SSSR count). The average Bonchev–Trinajstić information content (AvgIpc) is 2.96. The van der Waals surface area contributed by atoms with Crippen LogP contribution in [0.3, 0.4) is 0 Å². The molecule has 1 aliphatic rings. The van der Waals surface area contributed by atoms with E-state index in [1.165, 1.54) is 0 Å². The van der Waals surface area contributed by atoms with Crippen molar-refractivity contribution in [3.05, 3.63) is 68.4 Å². The van der Waals surface area contributed by atoms with E-state index in [9.17, 15) is 14.4 Å². The first-order chi connectivity index (χ1) is 13.5. The van der Waals surface area contributed by atoms with Gasteiger partial charge in [-0.2, -0.15) is 0 Å². The molecule has 0 unspecified atom stereocenters. The third kappa shape index (κ3) is 3.75. The first-order valence-corrected chi connectivity index (χ1v) is 7.98. The minimum absolute atomic E-state index is 0.248. The molecule has 11 heteroatoms. The highest BCUT2D eigenvalue weighted by atomic mass is 16.2. The van der Waals surface area contributed by atoms with Crippen molar-refractivity contribution in [3.63, 3.8) is 0 Å². The molecule has 0 heterocycles. The maximum Gasteiger partial charge on any atom is 0.230 e. The van der Waals surface area contributed by atoms with Crippen LogP contribution in [0.15, 0.2) is 46.6 Å². The lowest BCUT2D eigenvalue weighted by Crippen LogP contribution is -2.14. The Bertz CT molecular complexity index is 1010. The van der Waals surface area contributed by atoms with Crippen LogP contribution in [0.2, 0.25) is 0 Å². The Labute approximate surface area is 157 Å². The van der Waals surface area contributed by atoms with Crippen molar-refractivity contribution >= 4 is 29.0 Å². The summed E-state index contributed by atoms with van der Waals surface area (Å²) < 4.78 is 0. The number of azide groups is 2. The van der Waals surface area contributed by atoms with Gasteiger partial charge in [-0.25, -0.2) is 0 Å². The third-order valence-corrected chi connectivity index (χ3v) is 3.94. The van der Waals surface area contributed by atoms with Gasteiger partial charge in [0, 0.05) is 32.3 Å². The number of carbonyl (C=O) groups is 3. The van der Waals surface area contributed by atoms with E-state index in [2.05, 4.69) is 30.7 Å². The molecule has 0 bridgehead atoms. The average molecular weight is 376 g/mol. The zero-order valence-corrected chi connectivity index (χ0v) is 14.3. The predicted octanol–water partition coefficient (Wildman–Crippen LogP) is 3.40. The number of nitrogens with zero attached hydrogens (tertiary/aromatic N) is 6. The SMILES string of the molecule is [N-]=[N+]=NCC(=O)Nc1ccc2c(c1)C(=O)c1cc(NC(=O)CN=[N+]=[N-])ccc1-2. The summed E-state index contributed by atoms with van der Waals surface area (Å²) in [6, 6.07) is 9.80. The highest BCUT2D eigenvalue weighted by molar-refractivity contribution is 6.22. The Morgan fingerprint density at radius 1 is 0.786 bits per heavy atom. The molecule has 0 aromatic heterocycles. The van der Waals surface area contributed by atoms with Crippen molar-refractivity contribution in [1.82, 2.24) is 0 Å². The highest BCUT2D eigenvalue weighted by Gasteiger charge is 2.27. The van der Waals surface area contributed by atoms with Crippen molar-refractivity contribution in [3.8, 4) is 11.1 Å². The molecule has 0 saturated heterocycles. The van der Waals surface area contributed by atoms with Gasteiger partial charge >= 0.3 is 0 Å². The van der Waals surface area contributed by atoms with Crippen LogP contribution in [-0.2, 0) is 9.59 Å². The second kappa shape index (κ2) is 7.92. The largest absolute Gasteiger partial charge is 0.326 e. The summed E-state index contributed by atoms with van der Waals surface area (Å²) in [5, 5.41) is 11.5. The van der Waals surface area contributed by atoms with Crippen molar-refractivity contribution in [2.75, 3.05) is 23.7 Å². The number of nitrogens with one attached hydrogen (secondary N) is 2. The Kier molecular flexibility index (Phi) is 5.22. The van der Waals surface area contributed by atoms with Crippen LogP contribution in [0.1, 0.15) is 15.9 Å². The van der Waals surface area contributed by atoms with Gasteiger partial charge in [0.05, 0.1) is 0 Å². The summed E-state index contributed by atoms with van der Waals surface area (Å²) in [6.45, 7) is -0.693. The quantitative estimate of drug-likeness (QED) is 0.382. The molecule has 0 saturated carbocycles. The smallest absolute Gasteiger partial charge is 0.230 e. The molecule has 0 atom stereocenters. The molecular formula is C17H12N8O3. The van der Waals surface area contributed by atoms with Crippen LogP contribution >= 0.6 is 0 Å². The second-order valence-corrected chi connectivity index (χ2v) is 5.72. The number of carbonyl (C=O) groups excluding carboxylic acids is 3. The van der Waals surface area contributed by atoms with E-state index in [4.69, 9.17) is 11.1 Å². The maximum absolute atomic E-state index is 12.7. The van der Waals surface area contributed by atoms with Gasteiger partial charge < -0.3 is 10.6 Å². The molecule has 0 aliphatic heterocycles. The normalized spacial score (nSPS) is 10.8. The van der Waals surface area contributed by atoms with Crippen molar-refractivity contribution in [2.45, 2.75) is 0 Å². The van der Waals surface area contributed by atoms with E-state index in [-0.39, 0.29) is 18.9 Å². The van der Waals surface area contributed by atoms with E-state index < -0.39 is 11.8 Å². The molecule has 2 aromatic carbocycles. The van der Waals surface area contributed by atoms with E-state index in [1.807, 2.05) is 0 Å². The Morgan fingerprint density at radius 2 is 1.21 bits per heavy atom. The minimum atomic E-state index is -0.495. The molecule has 2 aromatic rings. The van der Waals surface area contributed by atoms with Crippen LogP contribution < -0.4 is 10.6 Å². The summed E-state index contributed by atoms with van der Waals surface area (Å²) in [7, 11) is 0. The van der Waals surface area contributed by atoms with Crippen LogP contribution in [0.4, 0.5) is 11.4 Å². The summed E-state index contributed by atoms with van der Waals surface area (Å²) in [5.74, 6) is -1.24. The Hall–Kier alpha value is -4.33. The van der Waals surface area contributed by atoms with E-state index in [0.29, 0.717) is 33.6 Å². The Balaban J connectivity index is 1.83. The molecule has 1 aliphatic carbocycles. The van der Waals surface area contributed by atoms with Crippen LogP contribution in [-0.4, -0.2) is 30.7 Å². The van der Waals surface area contributed by atoms with Crippen LogP contribution in [0.25, 0.3) is 32.0 Å². The fourth-order valence-electron chi connectivity index (χ4n) is 2.83. The number of benzene rings is 2. The maximum atomic E-state index is 12.7. The van der Waals surface area contributed by atoms with E-state index in [0.717, 1.165) is 0 Å².